The highest BCUT2D eigenvalue weighted by atomic mass is 19.1. The Hall–Kier alpha value is -3.00. The molecule has 0 fully saturated rings. The maximum Gasteiger partial charge on any atom is 0.336 e. The van der Waals surface area contributed by atoms with Gasteiger partial charge in [0.15, 0.2) is 5.78 Å². The van der Waals surface area contributed by atoms with E-state index in [4.69, 9.17) is 14.2 Å². The summed E-state index contributed by atoms with van der Waals surface area (Å²) in [5.41, 5.74) is 1.55. The molecule has 0 spiro atoms. The molecular formula is C23H26FNO6. The van der Waals surface area contributed by atoms with Crippen molar-refractivity contribution in [3.63, 3.8) is 0 Å². The normalized spacial score (nSPS) is 23.3. The number of ether oxygens (including phenoxy) is 3. The van der Waals surface area contributed by atoms with Gasteiger partial charge in [0, 0.05) is 29.6 Å². The van der Waals surface area contributed by atoms with Gasteiger partial charge in [0.25, 0.3) is 0 Å². The first-order valence-electron chi connectivity index (χ1n) is 10.0. The van der Waals surface area contributed by atoms with Crippen molar-refractivity contribution in [2.24, 2.45) is 11.8 Å². The number of ketones is 1. The number of halogens is 1. The van der Waals surface area contributed by atoms with Crippen molar-refractivity contribution in [3.05, 3.63) is 58.2 Å². The second-order valence-corrected chi connectivity index (χ2v) is 7.69. The van der Waals surface area contributed by atoms with Gasteiger partial charge in [-0.25, -0.2) is 9.18 Å². The Labute approximate surface area is 180 Å². The maximum absolute atomic E-state index is 14.9. The molecule has 1 aromatic rings. The first kappa shape index (κ1) is 22.7. The van der Waals surface area contributed by atoms with Crippen LogP contribution in [0.5, 0.6) is 0 Å². The highest BCUT2D eigenvalue weighted by Gasteiger charge is 2.47. The second kappa shape index (κ2) is 9.43. The SMILES string of the molecule is COCCOC(=O)C1=C(C)NC2=C(C(=O)C(C(=O)OC)C(C)C2)C1c1ccccc1F. The highest BCUT2D eigenvalue weighted by Crippen LogP contribution is 2.45. The fraction of sp³-hybridized carbons (Fsp3) is 0.435. The molecule has 1 aromatic carbocycles. The summed E-state index contributed by atoms with van der Waals surface area (Å²) < 4.78 is 30.0. The summed E-state index contributed by atoms with van der Waals surface area (Å²) >= 11 is 0. The monoisotopic (exact) mass is 431 g/mol. The Bertz CT molecular complexity index is 967. The molecule has 31 heavy (non-hydrogen) atoms. The summed E-state index contributed by atoms with van der Waals surface area (Å²) in [4.78, 5) is 38.8. The van der Waals surface area contributed by atoms with Gasteiger partial charge in [-0.15, -0.1) is 0 Å². The minimum Gasteiger partial charge on any atom is -0.468 e. The van der Waals surface area contributed by atoms with Gasteiger partial charge in [-0.1, -0.05) is 25.1 Å². The number of esters is 2. The smallest absolute Gasteiger partial charge is 0.336 e. The average Bonchev–Trinajstić information content (AvgIpc) is 2.73. The first-order valence-corrected chi connectivity index (χ1v) is 10.0. The zero-order valence-electron chi connectivity index (χ0n) is 18.0. The lowest BCUT2D eigenvalue weighted by Gasteiger charge is -2.38. The van der Waals surface area contributed by atoms with Crippen LogP contribution in [0.3, 0.4) is 0 Å². The minimum atomic E-state index is -1.02. The van der Waals surface area contributed by atoms with Crippen molar-refractivity contribution in [3.8, 4) is 0 Å². The van der Waals surface area contributed by atoms with E-state index in [2.05, 4.69) is 5.32 Å². The molecule has 3 unspecified atom stereocenters. The van der Waals surface area contributed by atoms with Gasteiger partial charge in [0.1, 0.15) is 18.3 Å². The van der Waals surface area contributed by atoms with Gasteiger partial charge < -0.3 is 19.5 Å². The molecule has 8 heteroatoms. The van der Waals surface area contributed by atoms with E-state index in [1.54, 1.807) is 19.9 Å². The Morgan fingerprint density at radius 3 is 2.55 bits per heavy atom. The molecule has 3 rings (SSSR count). The van der Waals surface area contributed by atoms with Gasteiger partial charge in [0.05, 0.1) is 25.2 Å². The van der Waals surface area contributed by atoms with Crippen molar-refractivity contribution in [1.29, 1.82) is 0 Å². The van der Waals surface area contributed by atoms with E-state index in [-0.39, 0.29) is 35.8 Å². The molecular weight excluding hydrogens is 405 g/mol. The number of nitrogens with one attached hydrogen (secondary N) is 1. The summed E-state index contributed by atoms with van der Waals surface area (Å²) in [6.07, 6.45) is 0.384. The Morgan fingerprint density at radius 2 is 1.90 bits per heavy atom. The van der Waals surface area contributed by atoms with Crippen LogP contribution in [0.15, 0.2) is 46.8 Å². The summed E-state index contributed by atoms with van der Waals surface area (Å²) in [6, 6.07) is 5.97. The molecule has 0 saturated carbocycles. The van der Waals surface area contributed by atoms with Crippen molar-refractivity contribution in [2.45, 2.75) is 26.2 Å². The molecule has 1 aliphatic heterocycles. The topological polar surface area (TPSA) is 90.9 Å². The quantitative estimate of drug-likeness (QED) is 0.421. The lowest BCUT2D eigenvalue weighted by molar-refractivity contribution is -0.151. The predicted molar refractivity (Wildman–Crippen MR) is 109 cm³/mol. The fourth-order valence-electron chi connectivity index (χ4n) is 4.27. The van der Waals surface area contributed by atoms with Gasteiger partial charge >= 0.3 is 11.9 Å². The van der Waals surface area contributed by atoms with Crippen LogP contribution < -0.4 is 5.32 Å². The average molecular weight is 431 g/mol. The van der Waals surface area contributed by atoms with E-state index >= 15 is 0 Å². The maximum atomic E-state index is 14.9. The van der Waals surface area contributed by atoms with Crippen LogP contribution in [0.25, 0.3) is 0 Å². The van der Waals surface area contributed by atoms with Crippen LogP contribution in [-0.2, 0) is 28.6 Å². The zero-order chi connectivity index (χ0) is 22.7. The first-order chi connectivity index (χ1) is 14.8. The van der Waals surface area contributed by atoms with Crippen LogP contribution in [0.2, 0.25) is 0 Å². The third-order valence-electron chi connectivity index (χ3n) is 5.70. The number of methoxy groups -OCH3 is 2. The lowest BCUT2D eigenvalue weighted by atomic mass is 9.69. The van der Waals surface area contributed by atoms with Crippen molar-refractivity contribution >= 4 is 17.7 Å². The molecule has 0 saturated heterocycles. The number of carbonyl (C=O) groups is 3. The van der Waals surface area contributed by atoms with Crippen LogP contribution in [0, 0.1) is 17.7 Å². The molecule has 0 aromatic heterocycles. The summed E-state index contributed by atoms with van der Waals surface area (Å²) in [7, 11) is 2.71. The van der Waals surface area contributed by atoms with E-state index in [1.807, 2.05) is 0 Å². The van der Waals surface area contributed by atoms with Crippen LogP contribution >= 0.6 is 0 Å². The Balaban J connectivity index is 2.14. The molecule has 1 N–H and O–H groups in total. The van der Waals surface area contributed by atoms with Crippen LogP contribution in [0.4, 0.5) is 4.39 Å². The van der Waals surface area contributed by atoms with Crippen molar-refractivity contribution in [1.82, 2.24) is 5.32 Å². The van der Waals surface area contributed by atoms with E-state index in [1.165, 1.54) is 32.4 Å². The standard InChI is InChI=1S/C23H26FNO6/c1-12-11-16-20(21(26)17(12)22(27)30-4)19(14-7-5-6-8-15(14)24)18(13(2)25-16)23(28)31-10-9-29-3/h5-8,12,17,19,25H,9-11H2,1-4H3. The van der Waals surface area contributed by atoms with Gasteiger partial charge in [0.2, 0.25) is 0 Å². The molecule has 3 atom stereocenters. The molecule has 0 radical (unpaired) electrons. The minimum absolute atomic E-state index is 0.0117. The van der Waals surface area contributed by atoms with Crippen LogP contribution in [-0.4, -0.2) is 45.2 Å². The van der Waals surface area contributed by atoms with Crippen LogP contribution in [0.1, 0.15) is 31.7 Å². The van der Waals surface area contributed by atoms with Crippen molar-refractivity contribution < 1.29 is 33.0 Å². The second-order valence-electron chi connectivity index (χ2n) is 7.69. The number of carbonyl (C=O) groups excluding carboxylic acids is 3. The molecule has 0 amide bonds. The number of Topliss-reactive ketones (excluding diaryl/α,β-unsaturated/α-hetero) is 1. The zero-order valence-corrected chi connectivity index (χ0v) is 18.0. The van der Waals surface area contributed by atoms with Crippen molar-refractivity contribution in [2.75, 3.05) is 27.4 Å². The van der Waals surface area contributed by atoms with E-state index in [9.17, 15) is 18.8 Å². The number of hydrogen-bond donors (Lipinski definition) is 1. The van der Waals surface area contributed by atoms with Gasteiger partial charge in [-0.05, 0) is 25.3 Å². The molecule has 166 valence electrons. The molecule has 0 bridgehead atoms. The number of hydrogen-bond acceptors (Lipinski definition) is 7. The third kappa shape index (κ3) is 4.25. The Kier molecular flexibility index (Phi) is 6.90. The van der Waals surface area contributed by atoms with E-state index < -0.39 is 35.4 Å². The molecule has 1 aliphatic carbocycles. The largest absolute Gasteiger partial charge is 0.468 e. The van der Waals surface area contributed by atoms with Gasteiger partial charge in [-0.2, -0.15) is 0 Å². The summed E-state index contributed by atoms with van der Waals surface area (Å²) in [5.74, 6) is -4.69. The number of allylic oxidation sites excluding steroid dienone is 3. The number of benzene rings is 1. The van der Waals surface area contributed by atoms with Gasteiger partial charge in [-0.3, -0.25) is 9.59 Å². The van der Waals surface area contributed by atoms with E-state index in [0.29, 0.717) is 17.8 Å². The van der Waals surface area contributed by atoms with E-state index in [0.717, 1.165) is 0 Å². The number of rotatable bonds is 6. The lowest BCUT2D eigenvalue weighted by Crippen LogP contribution is -2.43. The highest BCUT2D eigenvalue weighted by molar-refractivity contribution is 6.12. The molecule has 7 nitrogen and oxygen atoms in total. The third-order valence-corrected chi connectivity index (χ3v) is 5.70. The summed E-state index contributed by atoms with van der Waals surface area (Å²) in [5, 5.41) is 3.13. The Morgan fingerprint density at radius 1 is 1.19 bits per heavy atom. The molecule has 1 heterocycles. The predicted octanol–water partition coefficient (Wildman–Crippen LogP) is 2.63. The summed E-state index contributed by atoms with van der Waals surface area (Å²) in [6.45, 7) is 3.69. The number of dihydropyridines is 1. The fourth-order valence-corrected chi connectivity index (χ4v) is 4.27. The molecule has 2 aliphatic rings.